The molecule has 1 fully saturated rings. The number of hydrogen-bond donors (Lipinski definition) is 0. The summed E-state index contributed by atoms with van der Waals surface area (Å²) in [5.41, 5.74) is 0. The molecular weight excluding hydrogens is 317 g/mol. The Balaban J connectivity index is 1.73. The average Bonchev–Trinajstić information content (AvgIpc) is 3.08. The molecule has 0 N–H and O–H groups in total. The van der Waals surface area contributed by atoms with Gasteiger partial charge in [-0.05, 0) is 41.4 Å². The van der Waals surface area contributed by atoms with Crippen molar-refractivity contribution in [2.24, 2.45) is 5.92 Å². The number of aromatic nitrogens is 2. The molecule has 1 saturated carbocycles. The van der Waals surface area contributed by atoms with Crippen molar-refractivity contribution >= 4 is 28.4 Å². The fourth-order valence-electron chi connectivity index (χ4n) is 1.43. The molecule has 0 aliphatic heterocycles. The first-order chi connectivity index (χ1) is 7.77. The third kappa shape index (κ3) is 3.55. The fraction of sp³-hybridized carbons (Fsp3) is 0.636. The Kier molecular flexibility index (Phi) is 4.34. The minimum absolute atomic E-state index is 0.771. The number of nitrogens with zero attached hydrogens (tertiary/aromatic N) is 3. The maximum absolute atomic E-state index is 5.60. The molecule has 0 saturated heterocycles. The summed E-state index contributed by atoms with van der Waals surface area (Å²) in [6.07, 6.45) is 6.10. The summed E-state index contributed by atoms with van der Waals surface area (Å²) >= 11 is 2.25. The summed E-state index contributed by atoms with van der Waals surface area (Å²) in [5.74, 6) is 1.81. The van der Waals surface area contributed by atoms with Crippen LogP contribution in [0.25, 0.3) is 0 Å². The van der Waals surface area contributed by atoms with Gasteiger partial charge >= 0.3 is 0 Å². The third-order valence-electron chi connectivity index (χ3n) is 2.63. The SMILES string of the molecule is CN(CCOCC1CC1)c1ncncc1I. The Labute approximate surface area is 110 Å². The van der Waals surface area contributed by atoms with Crippen molar-refractivity contribution in [3.63, 3.8) is 0 Å². The quantitative estimate of drug-likeness (QED) is 0.589. The lowest BCUT2D eigenvalue weighted by Crippen LogP contribution is -2.24. The molecule has 0 aromatic carbocycles. The Morgan fingerprint density at radius 2 is 2.38 bits per heavy atom. The lowest BCUT2D eigenvalue weighted by molar-refractivity contribution is 0.130. The summed E-state index contributed by atoms with van der Waals surface area (Å²) in [4.78, 5) is 10.3. The van der Waals surface area contributed by atoms with Crippen LogP contribution in [0.15, 0.2) is 12.5 Å². The minimum Gasteiger partial charge on any atom is -0.379 e. The van der Waals surface area contributed by atoms with Crippen LogP contribution < -0.4 is 4.90 Å². The molecule has 4 nitrogen and oxygen atoms in total. The van der Waals surface area contributed by atoms with Crippen molar-refractivity contribution < 1.29 is 4.74 Å². The minimum atomic E-state index is 0.771. The van der Waals surface area contributed by atoms with Gasteiger partial charge in [0, 0.05) is 26.4 Å². The highest BCUT2D eigenvalue weighted by Crippen LogP contribution is 2.28. The first kappa shape index (κ1) is 12.0. The molecule has 0 unspecified atom stereocenters. The maximum atomic E-state index is 5.60. The highest BCUT2D eigenvalue weighted by atomic mass is 127. The maximum Gasteiger partial charge on any atom is 0.145 e. The van der Waals surface area contributed by atoms with Crippen LogP contribution in [0.3, 0.4) is 0 Å². The van der Waals surface area contributed by atoms with E-state index in [2.05, 4.69) is 37.5 Å². The normalized spacial score (nSPS) is 15.1. The summed E-state index contributed by atoms with van der Waals surface area (Å²) in [6, 6.07) is 0. The van der Waals surface area contributed by atoms with Gasteiger partial charge in [-0.25, -0.2) is 9.97 Å². The molecule has 1 aromatic rings. The van der Waals surface area contributed by atoms with Gasteiger partial charge in [0.05, 0.1) is 10.2 Å². The van der Waals surface area contributed by atoms with Gasteiger partial charge in [-0.1, -0.05) is 0 Å². The van der Waals surface area contributed by atoms with E-state index in [1.807, 2.05) is 13.2 Å². The molecule has 0 atom stereocenters. The van der Waals surface area contributed by atoms with E-state index in [9.17, 15) is 0 Å². The van der Waals surface area contributed by atoms with Crippen molar-refractivity contribution in [3.8, 4) is 0 Å². The first-order valence-corrected chi connectivity index (χ1v) is 6.59. The zero-order valence-corrected chi connectivity index (χ0v) is 11.6. The molecule has 0 bridgehead atoms. The first-order valence-electron chi connectivity index (χ1n) is 5.52. The molecule has 1 aromatic heterocycles. The largest absolute Gasteiger partial charge is 0.379 e. The highest BCUT2D eigenvalue weighted by Gasteiger charge is 2.21. The third-order valence-corrected chi connectivity index (χ3v) is 3.39. The highest BCUT2D eigenvalue weighted by molar-refractivity contribution is 14.1. The van der Waals surface area contributed by atoms with Crippen LogP contribution in [0.4, 0.5) is 5.82 Å². The van der Waals surface area contributed by atoms with E-state index in [1.54, 1.807) is 6.33 Å². The molecule has 1 aliphatic rings. The second-order valence-electron chi connectivity index (χ2n) is 4.13. The van der Waals surface area contributed by atoms with E-state index >= 15 is 0 Å². The van der Waals surface area contributed by atoms with Crippen molar-refractivity contribution in [1.29, 1.82) is 0 Å². The standard InChI is InChI=1S/C11H16IN3O/c1-15(4-5-16-7-9-2-3-9)11-10(12)6-13-8-14-11/h6,8-9H,2-5,7H2,1H3. The molecule has 0 radical (unpaired) electrons. The van der Waals surface area contributed by atoms with Crippen molar-refractivity contribution in [2.75, 3.05) is 31.7 Å². The predicted octanol–water partition coefficient (Wildman–Crippen LogP) is 1.94. The van der Waals surface area contributed by atoms with E-state index in [0.717, 1.165) is 35.1 Å². The fourth-order valence-corrected chi connectivity index (χ4v) is 2.14. The van der Waals surface area contributed by atoms with Gasteiger partial charge in [0.15, 0.2) is 0 Å². The monoisotopic (exact) mass is 333 g/mol. The number of rotatable bonds is 6. The number of anilines is 1. The average molecular weight is 333 g/mol. The Bertz CT molecular complexity index is 344. The van der Waals surface area contributed by atoms with Crippen LogP contribution in [-0.2, 0) is 4.74 Å². The van der Waals surface area contributed by atoms with E-state index in [0.29, 0.717) is 0 Å². The topological polar surface area (TPSA) is 38.2 Å². The van der Waals surface area contributed by atoms with E-state index in [-0.39, 0.29) is 0 Å². The van der Waals surface area contributed by atoms with Gasteiger partial charge in [0.1, 0.15) is 12.1 Å². The van der Waals surface area contributed by atoms with E-state index in [1.165, 1.54) is 12.8 Å². The second kappa shape index (κ2) is 5.77. The van der Waals surface area contributed by atoms with Gasteiger partial charge in [-0.2, -0.15) is 0 Å². The summed E-state index contributed by atoms with van der Waals surface area (Å²) < 4.78 is 6.68. The number of hydrogen-bond acceptors (Lipinski definition) is 4. The Morgan fingerprint density at radius 3 is 3.06 bits per heavy atom. The molecule has 0 amide bonds. The summed E-state index contributed by atoms with van der Waals surface area (Å²) in [7, 11) is 2.03. The van der Waals surface area contributed by atoms with Crippen LogP contribution in [0.2, 0.25) is 0 Å². The van der Waals surface area contributed by atoms with Gasteiger partial charge in [-0.3, -0.25) is 0 Å². The van der Waals surface area contributed by atoms with Gasteiger partial charge in [0.2, 0.25) is 0 Å². The molecule has 1 heterocycles. The Morgan fingerprint density at radius 1 is 1.56 bits per heavy atom. The lowest BCUT2D eigenvalue weighted by Gasteiger charge is -2.18. The molecular formula is C11H16IN3O. The molecule has 16 heavy (non-hydrogen) atoms. The summed E-state index contributed by atoms with van der Waals surface area (Å²) in [5, 5.41) is 0. The smallest absolute Gasteiger partial charge is 0.145 e. The second-order valence-corrected chi connectivity index (χ2v) is 5.30. The van der Waals surface area contributed by atoms with Crippen LogP contribution in [-0.4, -0.2) is 36.8 Å². The molecule has 88 valence electrons. The van der Waals surface area contributed by atoms with Gasteiger partial charge in [-0.15, -0.1) is 0 Å². The summed E-state index contributed by atoms with van der Waals surface area (Å²) in [6.45, 7) is 2.57. The van der Waals surface area contributed by atoms with Crippen molar-refractivity contribution in [3.05, 3.63) is 16.1 Å². The van der Waals surface area contributed by atoms with Crippen LogP contribution in [0.1, 0.15) is 12.8 Å². The lowest BCUT2D eigenvalue weighted by atomic mass is 10.4. The number of likely N-dealkylation sites (N-methyl/N-ethyl adjacent to an activating group) is 1. The Hall–Kier alpha value is -0.430. The number of halogens is 1. The van der Waals surface area contributed by atoms with Gasteiger partial charge in [0.25, 0.3) is 0 Å². The van der Waals surface area contributed by atoms with Crippen LogP contribution in [0.5, 0.6) is 0 Å². The van der Waals surface area contributed by atoms with Gasteiger partial charge < -0.3 is 9.64 Å². The molecule has 1 aliphatic carbocycles. The number of ether oxygens (including phenoxy) is 1. The molecule has 5 heteroatoms. The van der Waals surface area contributed by atoms with E-state index in [4.69, 9.17) is 4.74 Å². The van der Waals surface area contributed by atoms with Crippen molar-refractivity contribution in [1.82, 2.24) is 9.97 Å². The molecule has 0 spiro atoms. The van der Waals surface area contributed by atoms with Crippen molar-refractivity contribution in [2.45, 2.75) is 12.8 Å². The van der Waals surface area contributed by atoms with E-state index < -0.39 is 0 Å². The molecule has 2 rings (SSSR count). The zero-order chi connectivity index (χ0) is 11.4. The van der Waals surface area contributed by atoms with Crippen LogP contribution in [0, 0.1) is 9.49 Å². The van der Waals surface area contributed by atoms with Crippen LogP contribution >= 0.6 is 22.6 Å². The predicted molar refractivity (Wildman–Crippen MR) is 71.6 cm³/mol. The zero-order valence-electron chi connectivity index (χ0n) is 9.40.